The van der Waals surface area contributed by atoms with Gasteiger partial charge in [-0.3, -0.25) is 4.31 Å². The molecule has 21 heavy (non-hydrogen) atoms. The molecule has 0 bridgehead atoms. The van der Waals surface area contributed by atoms with Crippen LogP contribution in [0.4, 0.5) is 5.13 Å². The Balaban J connectivity index is 0.00000106. The highest BCUT2D eigenvalue weighted by Crippen LogP contribution is 2.33. The molecule has 1 aromatic carbocycles. The van der Waals surface area contributed by atoms with Crippen molar-refractivity contribution in [3.8, 4) is 5.75 Å². The van der Waals surface area contributed by atoms with Crippen LogP contribution in [-0.4, -0.2) is 25.4 Å². The van der Waals surface area contributed by atoms with Gasteiger partial charge in [0.2, 0.25) is 0 Å². The summed E-state index contributed by atoms with van der Waals surface area (Å²) in [6.45, 7) is 4.00. The van der Waals surface area contributed by atoms with Crippen molar-refractivity contribution in [3.05, 3.63) is 36.0 Å². The topological polar surface area (TPSA) is 25.4 Å². The van der Waals surface area contributed by atoms with E-state index < -0.39 is 0 Å². The Labute approximate surface area is 140 Å². The summed E-state index contributed by atoms with van der Waals surface area (Å²) in [6.07, 6.45) is 3.99. The highest BCUT2D eigenvalue weighted by molar-refractivity contribution is 8.01. The fraction of sp³-hybridized carbons (Fsp3) is 0.400. The minimum Gasteiger partial charge on any atom is -0.497 e. The smallest absolute Gasteiger partial charge is 0.196 e. The molecule has 0 radical (unpaired) electrons. The average Bonchev–Trinajstić information content (AvgIpc) is 3.03. The summed E-state index contributed by atoms with van der Waals surface area (Å²) in [5.74, 6) is 1.85. The molecule has 1 heterocycles. The molecule has 6 heteroatoms. The summed E-state index contributed by atoms with van der Waals surface area (Å²) in [7, 11) is 3.71. The molecule has 0 saturated heterocycles. The van der Waals surface area contributed by atoms with Gasteiger partial charge in [-0.2, -0.15) is 0 Å². The van der Waals surface area contributed by atoms with Gasteiger partial charge < -0.3 is 4.74 Å². The monoisotopic (exact) mass is 342 g/mol. The lowest BCUT2D eigenvalue weighted by Gasteiger charge is -2.09. The number of nitrogens with zero attached hydrogens (tertiary/aromatic N) is 2. The van der Waals surface area contributed by atoms with Gasteiger partial charge in [0.25, 0.3) is 0 Å². The number of hydrogen-bond donors (Lipinski definition) is 0. The van der Waals surface area contributed by atoms with Crippen molar-refractivity contribution in [2.45, 2.75) is 23.8 Å². The Morgan fingerprint density at radius 3 is 2.48 bits per heavy atom. The molecular formula is C15H22N2OS3. The number of ether oxygens (including phenoxy) is 1. The van der Waals surface area contributed by atoms with Gasteiger partial charge in [0.05, 0.1) is 17.5 Å². The van der Waals surface area contributed by atoms with Gasteiger partial charge in [0.15, 0.2) is 5.13 Å². The third-order valence-electron chi connectivity index (χ3n) is 2.56. The first kappa shape index (κ1) is 18.2. The second-order valence-corrected chi connectivity index (χ2v) is 6.98. The number of methoxy groups -OCH3 is 1. The zero-order valence-corrected chi connectivity index (χ0v) is 15.6. The van der Waals surface area contributed by atoms with E-state index in [-0.39, 0.29) is 0 Å². The maximum Gasteiger partial charge on any atom is 0.196 e. The van der Waals surface area contributed by atoms with Gasteiger partial charge >= 0.3 is 0 Å². The van der Waals surface area contributed by atoms with E-state index in [1.54, 1.807) is 30.4 Å². The minimum atomic E-state index is 0.899. The zero-order chi connectivity index (χ0) is 15.7. The van der Waals surface area contributed by atoms with Crippen LogP contribution < -0.4 is 9.04 Å². The highest BCUT2D eigenvalue weighted by Gasteiger charge is 2.06. The number of thioether (sulfide) groups is 1. The number of hydrogen-bond acceptors (Lipinski definition) is 6. The predicted octanol–water partition coefficient (Wildman–Crippen LogP) is 5.18. The fourth-order valence-corrected chi connectivity index (χ4v) is 3.74. The molecule has 0 aliphatic carbocycles. The quantitative estimate of drug-likeness (QED) is 0.532. The lowest BCUT2D eigenvalue weighted by atomic mass is 10.2. The molecule has 2 aromatic rings. The largest absolute Gasteiger partial charge is 0.497 e. The second-order valence-electron chi connectivity index (χ2n) is 3.78. The molecule has 0 spiro atoms. The third kappa shape index (κ3) is 5.80. The molecule has 0 N–H and O–H groups in total. The summed E-state index contributed by atoms with van der Waals surface area (Å²) in [5, 5.41) is 1.05. The Kier molecular flexibility index (Phi) is 8.64. The fourth-order valence-electron chi connectivity index (χ4n) is 1.42. The van der Waals surface area contributed by atoms with Crippen LogP contribution in [0.2, 0.25) is 0 Å². The van der Waals surface area contributed by atoms with Crippen molar-refractivity contribution in [1.29, 1.82) is 0 Å². The first-order valence-corrected chi connectivity index (χ1v) is 9.70. The molecule has 3 nitrogen and oxygen atoms in total. The predicted molar refractivity (Wildman–Crippen MR) is 97.9 cm³/mol. The van der Waals surface area contributed by atoms with Gasteiger partial charge in [-0.05, 0) is 17.7 Å². The van der Waals surface area contributed by atoms with Crippen LogP contribution in [0.15, 0.2) is 34.7 Å². The maximum absolute atomic E-state index is 5.15. The Morgan fingerprint density at radius 2 is 1.90 bits per heavy atom. The van der Waals surface area contributed by atoms with E-state index in [1.807, 2.05) is 57.2 Å². The molecule has 0 atom stereocenters. The Morgan fingerprint density at radius 1 is 1.24 bits per heavy atom. The van der Waals surface area contributed by atoms with Crippen LogP contribution in [0, 0.1) is 0 Å². The summed E-state index contributed by atoms with van der Waals surface area (Å²) in [5.41, 5.74) is 1.29. The van der Waals surface area contributed by atoms with Gasteiger partial charge in [-0.1, -0.05) is 49.3 Å². The van der Waals surface area contributed by atoms with E-state index in [9.17, 15) is 0 Å². The van der Waals surface area contributed by atoms with Crippen LogP contribution in [0.25, 0.3) is 0 Å². The SMILES string of the molecule is CC.COc1ccc(CSc2cnc(N(C)SC)s2)cc1. The molecule has 0 unspecified atom stereocenters. The minimum absolute atomic E-state index is 0.899. The standard InChI is InChI=1S/C13H16N2OS3.C2H6/c1-15(17-3)13-14-8-12(19-13)18-9-10-4-6-11(16-2)7-5-10;1-2/h4-8H,9H2,1-3H3;1-2H3. The maximum atomic E-state index is 5.15. The molecule has 116 valence electrons. The van der Waals surface area contributed by atoms with Crippen LogP contribution in [-0.2, 0) is 5.75 Å². The number of benzene rings is 1. The van der Waals surface area contributed by atoms with Gasteiger partial charge in [0, 0.05) is 19.1 Å². The van der Waals surface area contributed by atoms with Crippen molar-refractivity contribution in [1.82, 2.24) is 4.98 Å². The van der Waals surface area contributed by atoms with E-state index in [0.29, 0.717) is 0 Å². The van der Waals surface area contributed by atoms with E-state index >= 15 is 0 Å². The number of rotatable bonds is 6. The Hall–Kier alpha value is -0.850. The van der Waals surface area contributed by atoms with E-state index in [4.69, 9.17) is 4.74 Å². The molecule has 2 rings (SSSR count). The van der Waals surface area contributed by atoms with Crippen molar-refractivity contribution in [3.63, 3.8) is 0 Å². The molecule has 0 fully saturated rings. The normalized spacial score (nSPS) is 9.76. The first-order chi connectivity index (χ1) is 10.2. The van der Waals surface area contributed by atoms with Gasteiger partial charge in [-0.25, -0.2) is 4.98 Å². The third-order valence-corrected chi connectivity index (χ3v) is 5.73. The molecule has 0 amide bonds. The zero-order valence-electron chi connectivity index (χ0n) is 13.1. The number of thiazole rings is 1. The van der Waals surface area contributed by atoms with E-state index in [2.05, 4.69) is 21.4 Å². The van der Waals surface area contributed by atoms with Crippen LogP contribution in [0.5, 0.6) is 5.75 Å². The average molecular weight is 343 g/mol. The molecule has 1 aromatic heterocycles. The molecule has 0 saturated carbocycles. The number of aromatic nitrogens is 1. The summed E-state index contributed by atoms with van der Waals surface area (Å²) in [6, 6.07) is 8.19. The second kappa shape index (κ2) is 9.97. The van der Waals surface area contributed by atoms with Crippen LogP contribution in [0.3, 0.4) is 0 Å². The first-order valence-electron chi connectivity index (χ1n) is 6.72. The lowest BCUT2D eigenvalue weighted by molar-refractivity contribution is 0.414. The van der Waals surface area contributed by atoms with Crippen molar-refractivity contribution in [2.24, 2.45) is 0 Å². The molecular weight excluding hydrogens is 320 g/mol. The van der Waals surface area contributed by atoms with Gasteiger partial charge in [0.1, 0.15) is 5.75 Å². The highest BCUT2D eigenvalue weighted by atomic mass is 32.2. The van der Waals surface area contributed by atoms with Gasteiger partial charge in [-0.15, -0.1) is 11.8 Å². The summed E-state index contributed by atoms with van der Waals surface area (Å²) in [4.78, 5) is 4.41. The van der Waals surface area contributed by atoms with E-state index in [1.165, 1.54) is 9.77 Å². The summed E-state index contributed by atoms with van der Waals surface area (Å²) >= 11 is 5.21. The Bertz CT molecular complexity index is 514. The molecule has 0 aliphatic rings. The van der Waals surface area contributed by atoms with Crippen molar-refractivity contribution in [2.75, 3.05) is 24.7 Å². The van der Waals surface area contributed by atoms with E-state index in [0.717, 1.165) is 16.6 Å². The van der Waals surface area contributed by atoms with Crippen LogP contribution in [0.1, 0.15) is 19.4 Å². The van der Waals surface area contributed by atoms with Crippen molar-refractivity contribution < 1.29 is 4.74 Å². The van der Waals surface area contributed by atoms with Crippen LogP contribution >= 0.6 is 35.0 Å². The summed E-state index contributed by atoms with van der Waals surface area (Å²) < 4.78 is 8.47. The molecule has 0 aliphatic heterocycles. The van der Waals surface area contributed by atoms with Crippen molar-refractivity contribution >= 4 is 40.2 Å². The lowest BCUT2D eigenvalue weighted by Crippen LogP contribution is -2.03. The number of anilines is 1.